The lowest BCUT2D eigenvalue weighted by atomic mass is 9.99. The second kappa shape index (κ2) is 8.70. The molecule has 1 aromatic carbocycles. The largest absolute Gasteiger partial charge is 0.398 e. The number of thiazole rings is 1. The van der Waals surface area contributed by atoms with E-state index in [4.69, 9.17) is 5.73 Å². The van der Waals surface area contributed by atoms with Crippen LogP contribution in [0.3, 0.4) is 0 Å². The highest BCUT2D eigenvalue weighted by atomic mass is 35.5. The van der Waals surface area contributed by atoms with E-state index in [-0.39, 0.29) is 30.7 Å². The van der Waals surface area contributed by atoms with Crippen molar-refractivity contribution in [1.29, 1.82) is 0 Å². The number of anilines is 2. The summed E-state index contributed by atoms with van der Waals surface area (Å²) in [6, 6.07) is 5.78. The molecule has 2 N–H and O–H groups in total. The number of benzene rings is 1. The van der Waals surface area contributed by atoms with Crippen LogP contribution < -0.4 is 10.6 Å². The van der Waals surface area contributed by atoms with Crippen molar-refractivity contribution in [2.75, 3.05) is 17.2 Å². The predicted octanol–water partition coefficient (Wildman–Crippen LogP) is 4.36. The molecule has 0 aliphatic carbocycles. The molecule has 1 aromatic heterocycles. The number of amides is 1. The molecule has 0 radical (unpaired) electrons. The van der Waals surface area contributed by atoms with Crippen LogP contribution in [0.25, 0.3) is 0 Å². The van der Waals surface area contributed by atoms with Crippen molar-refractivity contribution in [3.8, 4) is 0 Å². The number of nitrogens with two attached hydrogens (primary N) is 1. The Morgan fingerprint density at radius 3 is 2.83 bits per heavy atom. The minimum Gasteiger partial charge on any atom is -0.398 e. The molecular formula is C17H23Cl2N3OS. The first-order valence-corrected chi connectivity index (χ1v) is 8.58. The highest BCUT2D eigenvalue weighted by Gasteiger charge is 2.26. The van der Waals surface area contributed by atoms with Crippen molar-refractivity contribution < 1.29 is 4.79 Å². The third-order valence-corrected chi connectivity index (χ3v) is 4.76. The van der Waals surface area contributed by atoms with Crippen molar-refractivity contribution in [1.82, 2.24) is 4.98 Å². The van der Waals surface area contributed by atoms with E-state index < -0.39 is 0 Å². The molecule has 0 unspecified atom stereocenters. The van der Waals surface area contributed by atoms with Crippen molar-refractivity contribution in [3.05, 3.63) is 39.8 Å². The van der Waals surface area contributed by atoms with E-state index in [1.165, 1.54) is 0 Å². The van der Waals surface area contributed by atoms with Crippen LogP contribution >= 0.6 is 36.2 Å². The third kappa shape index (κ3) is 4.21. The monoisotopic (exact) mass is 387 g/mol. The topological polar surface area (TPSA) is 59.2 Å². The molecule has 132 valence electrons. The Morgan fingerprint density at radius 2 is 2.12 bits per heavy atom. The first-order valence-electron chi connectivity index (χ1n) is 7.70. The van der Waals surface area contributed by atoms with Crippen LogP contribution in [0.2, 0.25) is 0 Å². The van der Waals surface area contributed by atoms with Gasteiger partial charge in [-0.3, -0.25) is 4.79 Å². The molecule has 2 heterocycles. The number of nitrogen functional groups attached to an aromatic ring is 1. The fourth-order valence-electron chi connectivity index (χ4n) is 2.85. The standard InChI is InChI=1S/C17H21N3OS.2ClH/c1-11(2)9-16-19-14(10-22-16)17(21)20-8-4-5-12-13(18)6-3-7-15(12)20;;/h3,6-7,10-11H,4-5,8-9,18H2,1-2H3;2*1H. The summed E-state index contributed by atoms with van der Waals surface area (Å²) in [5, 5.41) is 2.91. The zero-order chi connectivity index (χ0) is 15.7. The van der Waals surface area contributed by atoms with Gasteiger partial charge in [-0.2, -0.15) is 0 Å². The number of hydrogen-bond donors (Lipinski definition) is 1. The minimum atomic E-state index is -0.0159. The van der Waals surface area contributed by atoms with Gasteiger partial charge in [0.1, 0.15) is 5.69 Å². The molecule has 24 heavy (non-hydrogen) atoms. The van der Waals surface area contributed by atoms with Gasteiger partial charge in [0.25, 0.3) is 5.91 Å². The van der Waals surface area contributed by atoms with Gasteiger partial charge in [0, 0.05) is 29.7 Å². The minimum absolute atomic E-state index is 0. The van der Waals surface area contributed by atoms with Crippen LogP contribution in [0.1, 0.15) is 41.3 Å². The normalized spacial score (nSPS) is 13.0. The van der Waals surface area contributed by atoms with E-state index >= 15 is 0 Å². The third-order valence-electron chi connectivity index (χ3n) is 3.89. The van der Waals surface area contributed by atoms with E-state index in [0.29, 0.717) is 11.6 Å². The first kappa shape index (κ1) is 20.7. The summed E-state index contributed by atoms with van der Waals surface area (Å²) >= 11 is 1.57. The average molecular weight is 388 g/mol. The van der Waals surface area contributed by atoms with E-state index in [1.807, 2.05) is 28.5 Å². The number of rotatable bonds is 3. The molecule has 0 saturated carbocycles. The van der Waals surface area contributed by atoms with Gasteiger partial charge in [-0.1, -0.05) is 19.9 Å². The Balaban J connectivity index is 0.00000144. The Labute approximate surface area is 159 Å². The fourth-order valence-corrected chi connectivity index (χ4v) is 3.83. The molecule has 4 nitrogen and oxygen atoms in total. The SMILES string of the molecule is CC(C)Cc1nc(C(=O)N2CCCc3c(N)cccc32)cs1.Cl.Cl. The fraction of sp³-hybridized carbons (Fsp3) is 0.412. The van der Waals surface area contributed by atoms with Crippen molar-refractivity contribution in [2.24, 2.45) is 5.92 Å². The van der Waals surface area contributed by atoms with E-state index in [2.05, 4.69) is 18.8 Å². The van der Waals surface area contributed by atoms with Gasteiger partial charge in [-0.25, -0.2) is 4.98 Å². The summed E-state index contributed by atoms with van der Waals surface area (Å²) in [7, 11) is 0. The summed E-state index contributed by atoms with van der Waals surface area (Å²) in [5.41, 5.74) is 9.40. The Hall–Kier alpha value is -1.30. The first-order chi connectivity index (χ1) is 10.6. The Bertz CT molecular complexity index is 703. The summed E-state index contributed by atoms with van der Waals surface area (Å²) in [4.78, 5) is 19.1. The molecule has 0 saturated heterocycles. The molecule has 0 atom stereocenters. The molecule has 2 aromatic rings. The number of hydrogen-bond acceptors (Lipinski definition) is 4. The predicted molar refractivity (Wildman–Crippen MR) is 106 cm³/mol. The van der Waals surface area contributed by atoms with E-state index in [9.17, 15) is 4.79 Å². The Kier molecular flexibility index (Phi) is 7.52. The maximum atomic E-state index is 12.8. The quantitative estimate of drug-likeness (QED) is 0.795. The van der Waals surface area contributed by atoms with Gasteiger partial charge >= 0.3 is 0 Å². The lowest BCUT2D eigenvalue weighted by molar-refractivity contribution is 0.0981. The molecule has 0 bridgehead atoms. The molecule has 1 aliphatic rings. The van der Waals surface area contributed by atoms with Gasteiger partial charge < -0.3 is 10.6 Å². The maximum absolute atomic E-state index is 12.8. The molecular weight excluding hydrogens is 365 g/mol. The van der Waals surface area contributed by atoms with Gasteiger partial charge in [0.15, 0.2) is 0 Å². The van der Waals surface area contributed by atoms with Gasteiger partial charge in [-0.05, 0) is 36.5 Å². The zero-order valence-corrected chi connectivity index (χ0v) is 16.3. The van der Waals surface area contributed by atoms with Gasteiger partial charge in [-0.15, -0.1) is 36.2 Å². The van der Waals surface area contributed by atoms with Crippen LogP contribution in [-0.4, -0.2) is 17.4 Å². The van der Waals surface area contributed by atoms with Crippen molar-refractivity contribution >= 4 is 53.4 Å². The second-order valence-corrected chi connectivity index (χ2v) is 7.07. The highest BCUT2D eigenvalue weighted by Crippen LogP contribution is 2.32. The van der Waals surface area contributed by atoms with Gasteiger partial charge in [0.2, 0.25) is 0 Å². The van der Waals surface area contributed by atoms with Crippen molar-refractivity contribution in [3.63, 3.8) is 0 Å². The number of carbonyl (C=O) groups excluding carboxylic acids is 1. The molecule has 1 aliphatic heterocycles. The number of aromatic nitrogens is 1. The van der Waals surface area contributed by atoms with E-state index in [0.717, 1.165) is 47.8 Å². The van der Waals surface area contributed by atoms with Crippen LogP contribution in [0.4, 0.5) is 11.4 Å². The second-order valence-electron chi connectivity index (χ2n) is 6.13. The van der Waals surface area contributed by atoms with E-state index in [1.54, 1.807) is 11.3 Å². The Morgan fingerprint density at radius 1 is 1.38 bits per heavy atom. The highest BCUT2D eigenvalue weighted by molar-refractivity contribution is 7.09. The number of carbonyl (C=O) groups is 1. The lowest BCUT2D eigenvalue weighted by Gasteiger charge is -2.29. The van der Waals surface area contributed by atoms with Crippen LogP contribution in [-0.2, 0) is 12.8 Å². The lowest BCUT2D eigenvalue weighted by Crippen LogP contribution is -2.36. The van der Waals surface area contributed by atoms with Crippen molar-refractivity contribution in [2.45, 2.75) is 33.1 Å². The van der Waals surface area contributed by atoms with Crippen LogP contribution in [0.15, 0.2) is 23.6 Å². The summed E-state index contributed by atoms with van der Waals surface area (Å²) in [6.07, 6.45) is 2.79. The summed E-state index contributed by atoms with van der Waals surface area (Å²) < 4.78 is 0. The number of halogens is 2. The molecule has 1 amide bonds. The molecule has 3 rings (SSSR count). The molecule has 0 spiro atoms. The van der Waals surface area contributed by atoms with Crippen LogP contribution in [0.5, 0.6) is 0 Å². The van der Waals surface area contributed by atoms with Gasteiger partial charge in [0.05, 0.1) is 5.01 Å². The summed E-state index contributed by atoms with van der Waals surface area (Å²) in [5.74, 6) is 0.530. The smallest absolute Gasteiger partial charge is 0.277 e. The molecule has 7 heteroatoms. The number of fused-ring (bicyclic) bond motifs is 1. The number of nitrogens with zero attached hydrogens (tertiary/aromatic N) is 2. The maximum Gasteiger partial charge on any atom is 0.277 e. The molecule has 0 fully saturated rings. The summed E-state index contributed by atoms with van der Waals surface area (Å²) in [6.45, 7) is 5.05. The zero-order valence-electron chi connectivity index (χ0n) is 13.8. The van der Waals surface area contributed by atoms with Crippen LogP contribution in [0, 0.1) is 5.92 Å². The average Bonchev–Trinajstić information content (AvgIpc) is 2.94.